The van der Waals surface area contributed by atoms with E-state index >= 15 is 0 Å². The number of nitriles is 2. The fourth-order valence-electron chi connectivity index (χ4n) is 7.47. The molecule has 1 heterocycles. The molecule has 3 aromatic carbocycles. The highest BCUT2D eigenvalue weighted by Gasteiger charge is 2.57. The highest BCUT2D eigenvalue weighted by molar-refractivity contribution is 5.77. The maximum atomic E-state index is 10.1. The number of methoxy groups -OCH3 is 4. The van der Waals surface area contributed by atoms with Gasteiger partial charge in [-0.15, -0.1) is 0 Å². The third-order valence-electron chi connectivity index (χ3n) is 8.96. The van der Waals surface area contributed by atoms with E-state index in [2.05, 4.69) is 52.0 Å². The first-order valence-electron chi connectivity index (χ1n) is 13.4. The maximum absolute atomic E-state index is 10.1. The van der Waals surface area contributed by atoms with Crippen molar-refractivity contribution in [3.8, 4) is 58.1 Å². The Kier molecular flexibility index (Phi) is 5.67. The number of hydrogen-bond acceptors (Lipinski definition) is 8. The molecular weight excluding hydrogens is 520 g/mol. The molecule has 8 nitrogen and oxygen atoms in total. The average Bonchev–Trinajstić information content (AvgIpc) is 3.31. The molecule has 1 aliphatic heterocycles. The Morgan fingerprint density at radius 3 is 1.41 bits per heavy atom. The first-order chi connectivity index (χ1) is 19.5. The zero-order valence-electron chi connectivity index (χ0n) is 24.6. The van der Waals surface area contributed by atoms with Gasteiger partial charge in [0, 0.05) is 5.41 Å². The molecule has 0 radical (unpaired) electrons. The summed E-state index contributed by atoms with van der Waals surface area (Å²) in [6.45, 7) is 9.04. The van der Waals surface area contributed by atoms with Gasteiger partial charge >= 0.3 is 0 Å². The number of ether oxygens (including phenoxy) is 6. The normalized spacial score (nSPS) is 19.9. The molecule has 0 aromatic heterocycles. The van der Waals surface area contributed by atoms with E-state index in [1.807, 2.05) is 12.1 Å². The topological polar surface area (TPSA) is 103 Å². The zero-order chi connectivity index (χ0) is 29.5. The minimum Gasteiger partial charge on any atom is -0.493 e. The molecule has 3 aliphatic rings. The van der Waals surface area contributed by atoms with Crippen LogP contribution >= 0.6 is 0 Å². The first-order valence-corrected chi connectivity index (χ1v) is 13.4. The van der Waals surface area contributed by atoms with Crippen molar-refractivity contribution >= 4 is 0 Å². The Bertz CT molecular complexity index is 1730. The fraction of sp³-hybridized carbons (Fsp3) is 0.394. The van der Waals surface area contributed by atoms with Crippen LogP contribution in [-0.4, -0.2) is 28.4 Å². The second kappa shape index (κ2) is 8.72. The second-order valence-corrected chi connectivity index (χ2v) is 12.2. The van der Waals surface area contributed by atoms with Crippen molar-refractivity contribution in [2.45, 2.75) is 56.8 Å². The number of rotatable bonds is 4. The van der Waals surface area contributed by atoms with Gasteiger partial charge in [-0.25, -0.2) is 0 Å². The van der Waals surface area contributed by atoms with Gasteiger partial charge in [0.25, 0.3) is 0 Å². The molecule has 0 amide bonds. The summed E-state index contributed by atoms with van der Waals surface area (Å²) in [6, 6.07) is 12.6. The summed E-state index contributed by atoms with van der Waals surface area (Å²) in [7, 11) is 6.17. The third kappa shape index (κ3) is 3.43. The second-order valence-electron chi connectivity index (χ2n) is 12.2. The molecule has 0 saturated carbocycles. The van der Waals surface area contributed by atoms with Crippen LogP contribution in [0.3, 0.4) is 0 Å². The van der Waals surface area contributed by atoms with E-state index in [9.17, 15) is 10.5 Å². The minimum absolute atomic E-state index is 0.101. The molecule has 8 heteroatoms. The summed E-state index contributed by atoms with van der Waals surface area (Å²) in [5.41, 5.74) is 4.37. The van der Waals surface area contributed by atoms with Crippen LogP contribution in [0, 0.1) is 22.7 Å². The summed E-state index contributed by atoms with van der Waals surface area (Å²) in [6.07, 6.45) is 1.77. The summed E-state index contributed by atoms with van der Waals surface area (Å²) >= 11 is 0. The molecule has 1 spiro atoms. The maximum Gasteiger partial charge on any atom is 0.193 e. The SMILES string of the molecule is COc1cc2c(cc1OC)C1(CC2(C)C)CC(C)(C)c2cc3c(cc21)Oc1c(C#N)c(OC)c(OC)c(C#N)c1O3. The molecular formula is C33H32N2O6. The van der Waals surface area contributed by atoms with Crippen molar-refractivity contribution in [2.24, 2.45) is 0 Å². The molecule has 3 aromatic rings. The van der Waals surface area contributed by atoms with Crippen LogP contribution in [0.15, 0.2) is 24.3 Å². The standard InChI is InChI=1S/C33H32N2O6/c1-31(2)15-33(21-11-24(37-6)23(36-5)9-19(21)31)16-32(3,4)20-10-25-26(12-22(20)33)41-30-18(14-35)28(39-8)27(38-7)17(13-34)29(30)40-25/h9-12H,15-16H2,1-8H3. The summed E-state index contributed by atoms with van der Waals surface area (Å²) in [5.74, 6) is 2.92. The number of fused-ring (bicyclic) bond motifs is 6. The van der Waals surface area contributed by atoms with Crippen LogP contribution in [0.25, 0.3) is 0 Å². The lowest BCUT2D eigenvalue weighted by atomic mass is 9.72. The van der Waals surface area contributed by atoms with E-state index in [4.69, 9.17) is 28.4 Å². The molecule has 6 rings (SSSR count). The molecule has 1 unspecified atom stereocenters. The zero-order valence-corrected chi connectivity index (χ0v) is 24.6. The highest BCUT2D eigenvalue weighted by atomic mass is 16.6. The van der Waals surface area contributed by atoms with Gasteiger partial charge in [-0.05, 0) is 70.2 Å². The van der Waals surface area contributed by atoms with Crippen molar-refractivity contribution < 1.29 is 28.4 Å². The van der Waals surface area contributed by atoms with E-state index in [0.717, 1.165) is 24.0 Å². The summed E-state index contributed by atoms with van der Waals surface area (Å²) < 4.78 is 35.1. The molecule has 1 atom stereocenters. The van der Waals surface area contributed by atoms with Crippen LogP contribution in [-0.2, 0) is 16.2 Å². The lowest BCUT2D eigenvalue weighted by Crippen LogP contribution is -2.27. The van der Waals surface area contributed by atoms with E-state index in [-0.39, 0.29) is 50.4 Å². The Morgan fingerprint density at radius 2 is 1.00 bits per heavy atom. The summed E-state index contributed by atoms with van der Waals surface area (Å²) in [4.78, 5) is 0. The minimum atomic E-state index is -0.302. The predicted octanol–water partition coefficient (Wildman–Crippen LogP) is 7.01. The fourth-order valence-corrected chi connectivity index (χ4v) is 7.47. The van der Waals surface area contributed by atoms with Crippen LogP contribution in [0.4, 0.5) is 0 Å². The van der Waals surface area contributed by atoms with Crippen molar-refractivity contribution in [1.29, 1.82) is 10.5 Å². The molecule has 0 fully saturated rings. The Labute approximate surface area is 239 Å². The third-order valence-corrected chi connectivity index (χ3v) is 8.96. The van der Waals surface area contributed by atoms with Crippen LogP contribution in [0.2, 0.25) is 0 Å². The van der Waals surface area contributed by atoms with Crippen molar-refractivity contribution in [3.05, 3.63) is 57.6 Å². The Morgan fingerprint density at radius 1 is 0.610 bits per heavy atom. The molecule has 41 heavy (non-hydrogen) atoms. The van der Waals surface area contributed by atoms with Crippen LogP contribution in [0.5, 0.6) is 46.0 Å². The van der Waals surface area contributed by atoms with Gasteiger partial charge in [0.15, 0.2) is 46.0 Å². The molecule has 0 saturated heterocycles. The quantitative estimate of drug-likeness (QED) is 0.266. The van der Waals surface area contributed by atoms with Gasteiger partial charge in [-0.1, -0.05) is 27.7 Å². The van der Waals surface area contributed by atoms with Gasteiger partial charge in [0.2, 0.25) is 0 Å². The first kappa shape index (κ1) is 26.7. The van der Waals surface area contributed by atoms with Gasteiger partial charge < -0.3 is 28.4 Å². The highest BCUT2D eigenvalue weighted by Crippen LogP contribution is 2.66. The van der Waals surface area contributed by atoms with Crippen LogP contribution < -0.4 is 28.4 Å². The Hall–Kier alpha value is -4.56. The lowest BCUT2D eigenvalue weighted by Gasteiger charge is -2.31. The lowest BCUT2D eigenvalue weighted by molar-refractivity contribution is 0.327. The van der Waals surface area contributed by atoms with Gasteiger partial charge in [-0.3, -0.25) is 0 Å². The smallest absolute Gasteiger partial charge is 0.193 e. The van der Waals surface area contributed by atoms with Gasteiger partial charge in [0.1, 0.15) is 23.3 Å². The van der Waals surface area contributed by atoms with E-state index in [1.54, 1.807) is 14.2 Å². The van der Waals surface area contributed by atoms with Crippen LogP contribution in [0.1, 0.15) is 73.9 Å². The van der Waals surface area contributed by atoms with Crippen molar-refractivity contribution in [3.63, 3.8) is 0 Å². The van der Waals surface area contributed by atoms with Crippen molar-refractivity contribution in [2.75, 3.05) is 28.4 Å². The predicted molar refractivity (Wildman–Crippen MR) is 151 cm³/mol. The molecule has 0 N–H and O–H groups in total. The van der Waals surface area contributed by atoms with E-state index < -0.39 is 0 Å². The number of benzene rings is 3. The monoisotopic (exact) mass is 552 g/mol. The summed E-state index contributed by atoms with van der Waals surface area (Å²) in [5, 5.41) is 20.1. The largest absolute Gasteiger partial charge is 0.493 e. The van der Waals surface area contributed by atoms with Gasteiger partial charge in [-0.2, -0.15) is 10.5 Å². The van der Waals surface area contributed by atoms with E-state index in [1.165, 1.54) is 25.3 Å². The molecule has 210 valence electrons. The average molecular weight is 553 g/mol. The molecule has 0 bridgehead atoms. The number of nitrogens with zero attached hydrogens (tertiary/aromatic N) is 2. The van der Waals surface area contributed by atoms with Crippen molar-refractivity contribution in [1.82, 2.24) is 0 Å². The number of hydrogen-bond donors (Lipinski definition) is 0. The Balaban J connectivity index is 1.59. The molecule has 2 aliphatic carbocycles. The van der Waals surface area contributed by atoms with E-state index in [0.29, 0.717) is 23.0 Å². The van der Waals surface area contributed by atoms with Gasteiger partial charge in [0.05, 0.1) is 28.4 Å².